The van der Waals surface area contributed by atoms with Gasteiger partial charge in [-0.3, -0.25) is 14.5 Å². The molecule has 5 nitrogen and oxygen atoms in total. The number of carbonyl (C=O) groups excluding carboxylic acids is 2. The second-order valence-corrected chi connectivity index (χ2v) is 9.16. The molecule has 2 aliphatic heterocycles. The van der Waals surface area contributed by atoms with E-state index in [1.807, 2.05) is 44.2 Å². The van der Waals surface area contributed by atoms with Gasteiger partial charge in [0.15, 0.2) is 0 Å². The maximum Gasteiger partial charge on any atom is 0.277 e. The molecule has 0 aromatic heterocycles. The van der Waals surface area contributed by atoms with Crippen molar-refractivity contribution in [2.24, 2.45) is 11.8 Å². The summed E-state index contributed by atoms with van der Waals surface area (Å²) < 4.78 is 5.54. The summed E-state index contributed by atoms with van der Waals surface area (Å²) in [6.07, 6.45) is 3.06. The molecule has 2 heterocycles. The Kier molecular flexibility index (Phi) is 6.63. The van der Waals surface area contributed by atoms with E-state index in [1.54, 1.807) is 7.11 Å². The first-order chi connectivity index (χ1) is 15.5. The molecule has 32 heavy (non-hydrogen) atoms. The smallest absolute Gasteiger partial charge is 0.277 e. The van der Waals surface area contributed by atoms with Gasteiger partial charge in [0.1, 0.15) is 11.4 Å². The Morgan fingerprint density at radius 1 is 0.938 bits per heavy atom. The molecule has 0 atom stereocenters. The van der Waals surface area contributed by atoms with Crippen LogP contribution in [0.1, 0.15) is 37.8 Å². The zero-order valence-electron chi connectivity index (χ0n) is 19.2. The van der Waals surface area contributed by atoms with E-state index in [1.165, 1.54) is 10.5 Å². The van der Waals surface area contributed by atoms with Crippen LogP contribution in [0.4, 0.5) is 0 Å². The summed E-state index contributed by atoms with van der Waals surface area (Å²) in [7, 11) is 1.60. The number of nitrogens with zero attached hydrogens (tertiary/aromatic N) is 2. The molecule has 1 saturated heterocycles. The summed E-state index contributed by atoms with van der Waals surface area (Å²) in [6.45, 7) is 6.02. The van der Waals surface area contributed by atoms with Gasteiger partial charge >= 0.3 is 0 Å². The lowest BCUT2D eigenvalue weighted by atomic mass is 9.89. The fourth-order valence-corrected chi connectivity index (χ4v) is 4.79. The molecule has 5 heteroatoms. The molecule has 0 bridgehead atoms. The predicted octanol–water partition coefficient (Wildman–Crippen LogP) is 4.39. The van der Waals surface area contributed by atoms with Gasteiger partial charge in [0.05, 0.1) is 12.7 Å². The number of imide groups is 1. The summed E-state index contributed by atoms with van der Waals surface area (Å²) in [6, 6.07) is 18.1. The average Bonchev–Trinajstić information content (AvgIpc) is 3.04. The lowest BCUT2D eigenvalue weighted by molar-refractivity contribution is -0.138. The second kappa shape index (κ2) is 9.60. The number of amides is 2. The van der Waals surface area contributed by atoms with Crippen LogP contribution in [0.3, 0.4) is 0 Å². The maximum atomic E-state index is 13.5. The number of carbonyl (C=O) groups is 2. The normalized spacial score (nSPS) is 17.6. The second-order valence-electron chi connectivity index (χ2n) is 9.16. The van der Waals surface area contributed by atoms with E-state index in [2.05, 4.69) is 29.2 Å². The molecule has 0 aliphatic carbocycles. The van der Waals surface area contributed by atoms with Crippen LogP contribution in [0.2, 0.25) is 0 Å². The van der Waals surface area contributed by atoms with Crippen molar-refractivity contribution in [1.82, 2.24) is 9.80 Å². The van der Waals surface area contributed by atoms with Crippen LogP contribution < -0.4 is 4.74 Å². The van der Waals surface area contributed by atoms with E-state index in [0.29, 0.717) is 35.0 Å². The minimum Gasteiger partial charge on any atom is -0.496 e. The Labute approximate surface area is 190 Å². The van der Waals surface area contributed by atoms with E-state index in [0.717, 1.165) is 32.4 Å². The van der Waals surface area contributed by atoms with Crippen molar-refractivity contribution >= 4 is 17.4 Å². The van der Waals surface area contributed by atoms with Crippen molar-refractivity contribution in [3.05, 3.63) is 71.4 Å². The molecule has 1 fully saturated rings. The third kappa shape index (κ3) is 4.43. The minimum atomic E-state index is -0.213. The fraction of sp³-hybridized carbons (Fsp3) is 0.407. The van der Waals surface area contributed by atoms with Crippen LogP contribution >= 0.6 is 0 Å². The monoisotopic (exact) mass is 432 g/mol. The zero-order valence-corrected chi connectivity index (χ0v) is 19.2. The Balaban J connectivity index is 1.62. The van der Waals surface area contributed by atoms with Crippen molar-refractivity contribution in [2.75, 3.05) is 26.7 Å². The Hall–Kier alpha value is -3.08. The summed E-state index contributed by atoms with van der Waals surface area (Å²) >= 11 is 0. The van der Waals surface area contributed by atoms with Crippen LogP contribution in [0.25, 0.3) is 5.57 Å². The third-order valence-electron chi connectivity index (χ3n) is 6.37. The first-order valence-corrected chi connectivity index (χ1v) is 11.5. The highest BCUT2D eigenvalue weighted by molar-refractivity contribution is 6.36. The third-order valence-corrected chi connectivity index (χ3v) is 6.37. The molecular weight excluding hydrogens is 400 g/mol. The van der Waals surface area contributed by atoms with E-state index in [4.69, 9.17) is 4.74 Å². The van der Waals surface area contributed by atoms with E-state index in [-0.39, 0.29) is 17.7 Å². The standard InChI is InChI=1S/C27H32N2O3/c1-19(2)18-29-26(30)24(22-11-7-8-12-23(22)32-3)25(27(29)31)28-15-13-21(14-16-28)17-20-9-5-4-6-10-20/h4-12,19,21H,13-18H2,1-3H3. The first-order valence-electron chi connectivity index (χ1n) is 11.5. The molecule has 4 rings (SSSR count). The van der Waals surface area contributed by atoms with Gasteiger partial charge in [0.2, 0.25) is 0 Å². The highest BCUT2D eigenvalue weighted by Gasteiger charge is 2.43. The van der Waals surface area contributed by atoms with Gasteiger partial charge in [0, 0.05) is 25.2 Å². The summed E-state index contributed by atoms with van der Waals surface area (Å²) in [5.74, 6) is 1.02. The van der Waals surface area contributed by atoms with Crippen molar-refractivity contribution < 1.29 is 14.3 Å². The lowest BCUT2D eigenvalue weighted by Gasteiger charge is -2.34. The van der Waals surface area contributed by atoms with Crippen molar-refractivity contribution in [2.45, 2.75) is 33.1 Å². The van der Waals surface area contributed by atoms with Gasteiger partial charge in [-0.05, 0) is 42.7 Å². The summed E-state index contributed by atoms with van der Waals surface area (Å²) in [5, 5.41) is 0. The molecule has 0 radical (unpaired) electrons. The SMILES string of the molecule is COc1ccccc1C1=C(N2CCC(Cc3ccccc3)CC2)C(=O)N(CC(C)C)C1=O. The molecule has 168 valence electrons. The maximum absolute atomic E-state index is 13.5. The van der Waals surface area contributed by atoms with Crippen LogP contribution in [0.5, 0.6) is 5.75 Å². The molecule has 2 amide bonds. The number of methoxy groups -OCH3 is 1. The van der Waals surface area contributed by atoms with E-state index >= 15 is 0 Å². The fourth-order valence-electron chi connectivity index (χ4n) is 4.79. The van der Waals surface area contributed by atoms with Crippen LogP contribution in [-0.4, -0.2) is 48.4 Å². The topological polar surface area (TPSA) is 49.9 Å². The number of hydrogen-bond donors (Lipinski definition) is 0. The summed E-state index contributed by atoms with van der Waals surface area (Å²) in [5.41, 5.74) is 3.07. The quantitative estimate of drug-likeness (QED) is 0.609. The Morgan fingerprint density at radius 3 is 2.25 bits per heavy atom. The molecular formula is C27H32N2O3. The number of para-hydroxylation sites is 1. The number of rotatable bonds is 7. The number of hydrogen-bond acceptors (Lipinski definition) is 4. The van der Waals surface area contributed by atoms with E-state index in [9.17, 15) is 9.59 Å². The van der Waals surface area contributed by atoms with Gasteiger partial charge < -0.3 is 9.64 Å². The highest BCUT2D eigenvalue weighted by atomic mass is 16.5. The number of likely N-dealkylation sites (tertiary alicyclic amines) is 1. The van der Waals surface area contributed by atoms with Gasteiger partial charge in [-0.2, -0.15) is 0 Å². The lowest BCUT2D eigenvalue weighted by Crippen LogP contribution is -2.40. The molecule has 0 N–H and O–H groups in total. The Bertz CT molecular complexity index is 1000. The number of benzene rings is 2. The molecule has 0 spiro atoms. The summed E-state index contributed by atoms with van der Waals surface area (Å²) in [4.78, 5) is 30.5. The highest BCUT2D eigenvalue weighted by Crippen LogP contribution is 2.38. The molecule has 2 aliphatic rings. The van der Waals surface area contributed by atoms with Crippen LogP contribution in [-0.2, 0) is 16.0 Å². The zero-order chi connectivity index (χ0) is 22.7. The largest absolute Gasteiger partial charge is 0.496 e. The predicted molar refractivity (Wildman–Crippen MR) is 126 cm³/mol. The average molecular weight is 433 g/mol. The molecule has 0 saturated carbocycles. The Morgan fingerprint density at radius 2 is 1.59 bits per heavy atom. The van der Waals surface area contributed by atoms with Crippen LogP contribution in [0, 0.1) is 11.8 Å². The van der Waals surface area contributed by atoms with Crippen molar-refractivity contribution in [3.8, 4) is 5.75 Å². The minimum absolute atomic E-state index is 0.175. The van der Waals surface area contributed by atoms with Crippen molar-refractivity contribution in [3.63, 3.8) is 0 Å². The first kappa shape index (κ1) is 22.1. The van der Waals surface area contributed by atoms with Crippen molar-refractivity contribution in [1.29, 1.82) is 0 Å². The van der Waals surface area contributed by atoms with Gasteiger partial charge in [-0.15, -0.1) is 0 Å². The molecule has 2 aromatic rings. The van der Waals surface area contributed by atoms with Gasteiger partial charge in [-0.1, -0.05) is 62.4 Å². The van der Waals surface area contributed by atoms with Gasteiger partial charge in [-0.25, -0.2) is 0 Å². The van der Waals surface area contributed by atoms with Crippen LogP contribution in [0.15, 0.2) is 60.3 Å². The molecule has 2 aromatic carbocycles. The number of piperidine rings is 1. The number of ether oxygens (including phenoxy) is 1. The molecule has 0 unspecified atom stereocenters. The van der Waals surface area contributed by atoms with E-state index < -0.39 is 0 Å². The van der Waals surface area contributed by atoms with Gasteiger partial charge in [0.25, 0.3) is 11.8 Å².